The zero-order chi connectivity index (χ0) is 9.61. The van der Waals surface area contributed by atoms with Crippen molar-refractivity contribution < 1.29 is 4.43 Å². The van der Waals surface area contributed by atoms with E-state index in [0.717, 1.165) is 6.42 Å². The third-order valence-electron chi connectivity index (χ3n) is 1.27. The predicted molar refractivity (Wildman–Crippen MR) is 57.9 cm³/mol. The number of rotatable bonds is 5. The summed E-state index contributed by atoms with van der Waals surface area (Å²) in [6.45, 7) is 8.55. The standard InChI is InChI=1S/C9H19ClOSi/c1-5-6-7-8-9(10)11-12(2,3)4/h8H,5-7H2,1-4H3. The summed E-state index contributed by atoms with van der Waals surface area (Å²) in [4.78, 5) is 0. The highest BCUT2D eigenvalue weighted by atomic mass is 35.5. The van der Waals surface area contributed by atoms with E-state index in [1.165, 1.54) is 12.8 Å². The van der Waals surface area contributed by atoms with E-state index in [0.29, 0.717) is 5.22 Å². The first-order valence-electron chi connectivity index (χ1n) is 4.50. The summed E-state index contributed by atoms with van der Waals surface area (Å²) in [7, 11) is -1.48. The normalized spacial score (nSPS) is 13.2. The molecule has 0 atom stereocenters. The van der Waals surface area contributed by atoms with Gasteiger partial charge in [-0.05, 0) is 50.2 Å². The van der Waals surface area contributed by atoms with Crippen molar-refractivity contribution in [3.63, 3.8) is 0 Å². The largest absolute Gasteiger partial charge is 0.537 e. The first-order chi connectivity index (χ1) is 5.45. The Hall–Kier alpha value is 0.0469. The Balaban J connectivity index is 3.70. The zero-order valence-corrected chi connectivity index (χ0v) is 10.2. The molecule has 0 aromatic carbocycles. The van der Waals surface area contributed by atoms with Crippen LogP contribution in [0.5, 0.6) is 0 Å². The van der Waals surface area contributed by atoms with Gasteiger partial charge in [0.15, 0.2) is 5.22 Å². The van der Waals surface area contributed by atoms with Gasteiger partial charge in [-0.1, -0.05) is 13.3 Å². The van der Waals surface area contributed by atoms with Gasteiger partial charge in [0.05, 0.1) is 0 Å². The van der Waals surface area contributed by atoms with Crippen molar-refractivity contribution in [1.29, 1.82) is 0 Å². The van der Waals surface area contributed by atoms with Crippen LogP contribution in [0.25, 0.3) is 0 Å². The second-order valence-corrected chi connectivity index (χ2v) is 8.67. The molecule has 0 bridgehead atoms. The van der Waals surface area contributed by atoms with Crippen molar-refractivity contribution in [1.82, 2.24) is 0 Å². The smallest absolute Gasteiger partial charge is 0.243 e. The lowest BCUT2D eigenvalue weighted by Crippen LogP contribution is -2.23. The lowest BCUT2D eigenvalue weighted by molar-refractivity contribution is 0.457. The van der Waals surface area contributed by atoms with E-state index in [1.807, 2.05) is 6.08 Å². The summed E-state index contributed by atoms with van der Waals surface area (Å²) in [5, 5.41) is 0.586. The monoisotopic (exact) mass is 206 g/mol. The molecule has 0 amide bonds. The van der Waals surface area contributed by atoms with Gasteiger partial charge in [0.25, 0.3) is 0 Å². The highest BCUT2D eigenvalue weighted by molar-refractivity contribution is 6.70. The molecule has 12 heavy (non-hydrogen) atoms. The van der Waals surface area contributed by atoms with Crippen LogP contribution in [0.4, 0.5) is 0 Å². The van der Waals surface area contributed by atoms with Gasteiger partial charge in [-0.3, -0.25) is 0 Å². The maximum atomic E-state index is 5.87. The molecular weight excluding hydrogens is 188 g/mol. The Kier molecular flexibility index (Phi) is 5.67. The van der Waals surface area contributed by atoms with Gasteiger partial charge in [-0.15, -0.1) is 0 Å². The van der Waals surface area contributed by atoms with Crippen molar-refractivity contribution in [2.75, 3.05) is 0 Å². The quantitative estimate of drug-likeness (QED) is 0.374. The molecule has 0 unspecified atom stereocenters. The molecule has 0 saturated heterocycles. The van der Waals surface area contributed by atoms with Gasteiger partial charge in [-0.25, -0.2) is 0 Å². The van der Waals surface area contributed by atoms with Crippen LogP contribution in [0.1, 0.15) is 26.2 Å². The number of halogens is 1. The fraction of sp³-hybridized carbons (Fsp3) is 0.778. The molecule has 3 heteroatoms. The summed E-state index contributed by atoms with van der Waals surface area (Å²) in [6, 6.07) is 0. The van der Waals surface area contributed by atoms with E-state index >= 15 is 0 Å². The fourth-order valence-corrected chi connectivity index (χ4v) is 2.23. The Morgan fingerprint density at radius 1 is 1.42 bits per heavy atom. The fourth-order valence-electron chi connectivity index (χ4n) is 0.754. The van der Waals surface area contributed by atoms with Crippen molar-refractivity contribution in [2.24, 2.45) is 0 Å². The van der Waals surface area contributed by atoms with E-state index in [9.17, 15) is 0 Å². The highest BCUT2D eigenvalue weighted by Crippen LogP contribution is 2.14. The van der Waals surface area contributed by atoms with Crippen LogP contribution in [-0.4, -0.2) is 8.32 Å². The molecule has 0 radical (unpaired) electrons. The molecule has 72 valence electrons. The van der Waals surface area contributed by atoms with E-state index in [2.05, 4.69) is 26.6 Å². The van der Waals surface area contributed by atoms with Crippen LogP contribution in [0, 0.1) is 0 Å². The van der Waals surface area contributed by atoms with Crippen LogP contribution in [0.15, 0.2) is 11.3 Å². The Labute approximate surface area is 81.9 Å². The maximum absolute atomic E-state index is 5.87. The first kappa shape index (κ1) is 12.0. The van der Waals surface area contributed by atoms with Crippen LogP contribution in [0.2, 0.25) is 19.6 Å². The van der Waals surface area contributed by atoms with Crippen LogP contribution in [-0.2, 0) is 4.43 Å². The number of hydrogen-bond donors (Lipinski definition) is 0. The van der Waals surface area contributed by atoms with Gasteiger partial charge in [0.2, 0.25) is 8.32 Å². The van der Waals surface area contributed by atoms with Crippen molar-refractivity contribution in [3.8, 4) is 0 Å². The second kappa shape index (κ2) is 5.65. The summed E-state index contributed by atoms with van der Waals surface area (Å²) in [5.41, 5.74) is 0. The lowest BCUT2D eigenvalue weighted by atomic mass is 10.2. The molecule has 0 spiro atoms. The van der Waals surface area contributed by atoms with Crippen molar-refractivity contribution in [2.45, 2.75) is 45.8 Å². The van der Waals surface area contributed by atoms with E-state index < -0.39 is 8.32 Å². The molecular formula is C9H19ClOSi. The molecule has 0 aromatic heterocycles. The van der Waals surface area contributed by atoms with Crippen LogP contribution < -0.4 is 0 Å². The zero-order valence-electron chi connectivity index (χ0n) is 8.48. The molecule has 0 rings (SSSR count). The topological polar surface area (TPSA) is 9.23 Å². The van der Waals surface area contributed by atoms with E-state index in [-0.39, 0.29) is 0 Å². The van der Waals surface area contributed by atoms with E-state index in [4.69, 9.17) is 16.0 Å². The molecule has 0 aromatic rings. The predicted octanol–water partition coefficient (Wildman–Crippen LogP) is 4.11. The molecule has 0 aliphatic heterocycles. The SMILES string of the molecule is CCCCC=C(Cl)O[Si](C)(C)C. The minimum absolute atomic E-state index is 0.586. The third kappa shape index (κ3) is 8.15. The van der Waals surface area contributed by atoms with Crippen LogP contribution in [0.3, 0.4) is 0 Å². The average molecular weight is 207 g/mol. The number of unbranched alkanes of at least 4 members (excludes halogenated alkanes) is 2. The second-order valence-electron chi connectivity index (χ2n) is 3.86. The van der Waals surface area contributed by atoms with Crippen molar-refractivity contribution in [3.05, 3.63) is 11.3 Å². The molecule has 0 fully saturated rings. The molecule has 0 N–H and O–H groups in total. The summed E-state index contributed by atoms with van der Waals surface area (Å²) in [6.07, 6.45) is 5.39. The number of allylic oxidation sites excluding steroid dienone is 1. The van der Waals surface area contributed by atoms with Crippen molar-refractivity contribution >= 4 is 19.9 Å². The van der Waals surface area contributed by atoms with Gasteiger partial charge in [0, 0.05) is 0 Å². The Morgan fingerprint density at radius 3 is 2.42 bits per heavy atom. The average Bonchev–Trinajstić information content (AvgIpc) is 1.84. The van der Waals surface area contributed by atoms with Crippen LogP contribution >= 0.6 is 11.6 Å². The Bertz CT molecular complexity index is 149. The molecule has 0 aliphatic rings. The molecule has 0 saturated carbocycles. The van der Waals surface area contributed by atoms with Gasteiger partial charge >= 0.3 is 0 Å². The van der Waals surface area contributed by atoms with E-state index in [1.54, 1.807) is 0 Å². The Morgan fingerprint density at radius 2 is 2.00 bits per heavy atom. The van der Waals surface area contributed by atoms with Gasteiger partial charge < -0.3 is 4.43 Å². The maximum Gasteiger partial charge on any atom is 0.243 e. The molecule has 1 nitrogen and oxygen atoms in total. The number of hydrogen-bond acceptors (Lipinski definition) is 1. The third-order valence-corrected chi connectivity index (χ3v) is 2.46. The van der Waals surface area contributed by atoms with Gasteiger partial charge in [-0.2, -0.15) is 0 Å². The first-order valence-corrected chi connectivity index (χ1v) is 8.29. The van der Waals surface area contributed by atoms with Gasteiger partial charge in [0.1, 0.15) is 0 Å². The summed E-state index contributed by atoms with van der Waals surface area (Å²) >= 11 is 5.87. The minimum Gasteiger partial charge on any atom is -0.537 e. The highest BCUT2D eigenvalue weighted by Gasteiger charge is 2.16. The summed E-state index contributed by atoms with van der Waals surface area (Å²) < 4.78 is 5.55. The minimum atomic E-state index is -1.48. The molecule has 0 aliphatic carbocycles. The molecule has 0 heterocycles. The summed E-state index contributed by atoms with van der Waals surface area (Å²) in [5.74, 6) is 0. The lowest BCUT2D eigenvalue weighted by Gasteiger charge is -2.17.